The smallest absolute Gasteiger partial charge is 0.152 e. The number of aliphatic imine (C=N–C) groups is 1. The largest absolute Gasteiger partial charge is 0.455 e. The van der Waals surface area contributed by atoms with Gasteiger partial charge in [-0.1, -0.05) is 129 Å². The van der Waals surface area contributed by atoms with Gasteiger partial charge in [0, 0.05) is 33.5 Å². The van der Waals surface area contributed by atoms with E-state index >= 15 is 0 Å². The SMILES string of the molecule is CC1(C)c2cc(C#N)ccc2-c2ccc(-c3cccc4c3oc3ccc(-c5cccc(-c6ccc(C7N=C8C(c9ccccc9)=CC=CN8N7)cc6)c5)cc34)cc21. The lowest BCUT2D eigenvalue weighted by Crippen LogP contribution is -2.34. The third kappa shape index (κ3) is 5.30. The molecule has 8 aromatic rings. The van der Waals surface area contributed by atoms with Gasteiger partial charge in [-0.25, -0.2) is 10.4 Å². The molecule has 0 radical (unpaired) electrons. The number of hydrogen-bond acceptors (Lipinski definition) is 5. The highest BCUT2D eigenvalue weighted by molar-refractivity contribution is 6.24. The minimum atomic E-state index is -0.220. The Bertz CT molecular complexity index is 3090. The van der Waals surface area contributed by atoms with Gasteiger partial charge in [-0.15, -0.1) is 0 Å². The predicted molar refractivity (Wildman–Crippen MR) is 231 cm³/mol. The maximum atomic E-state index is 9.58. The summed E-state index contributed by atoms with van der Waals surface area (Å²) >= 11 is 0. The highest BCUT2D eigenvalue weighted by atomic mass is 16.3. The monoisotopic (exact) mass is 732 g/mol. The number of nitriles is 1. The first kappa shape index (κ1) is 33.1. The van der Waals surface area contributed by atoms with Crippen molar-refractivity contribution >= 4 is 33.3 Å². The molecule has 57 heavy (non-hydrogen) atoms. The summed E-state index contributed by atoms with van der Waals surface area (Å²) in [5, 5.41) is 13.8. The summed E-state index contributed by atoms with van der Waals surface area (Å²) in [6, 6.07) is 55.9. The average molecular weight is 733 g/mol. The van der Waals surface area contributed by atoms with Crippen LogP contribution in [0.15, 0.2) is 179 Å². The maximum Gasteiger partial charge on any atom is 0.152 e. The van der Waals surface area contributed by atoms with Crippen molar-refractivity contribution in [3.63, 3.8) is 0 Å². The van der Waals surface area contributed by atoms with Crippen LogP contribution in [0.1, 0.15) is 47.8 Å². The van der Waals surface area contributed by atoms with Gasteiger partial charge in [0.25, 0.3) is 0 Å². The second kappa shape index (κ2) is 12.6. The number of hydrazine groups is 1. The summed E-state index contributed by atoms with van der Waals surface area (Å²) in [5.41, 5.74) is 20.8. The Morgan fingerprint density at radius 3 is 2.16 bits per heavy atom. The molecule has 0 saturated carbocycles. The number of nitrogens with zero attached hydrogens (tertiary/aromatic N) is 3. The van der Waals surface area contributed by atoms with Crippen LogP contribution in [0.25, 0.3) is 72.0 Å². The molecule has 2 aliphatic heterocycles. The Morgan fingerprint density at radius 2 is 1.33 bits per heavy atom. The Hall–Kier alpha value is -7.26. The second-order valence-corrected chi connectivity index (χ2v) is 15.6. The van der Waals surface area contributed by atoms with Crippen LogP contribution in [-0.2, 0) is 5.41 Å². The quantitative estimate of drug-likeness (QED) is 0.191. The van der Waals surface area contributed by atoms with Gasteiger partial charge < -0.3 is 4.42 Å². The molecule has 0 bridgehead atoms. The van der Waals surface area contributed by atoms with Crippen LogP contribution in [0, 0.1) is 11.3 Å². The van der Waals surface area contributed by atoms with E-state index in [0.717, 1.165) is 77.9 Å². The minimum Gasteiger partial charge on any atom is -0.455 e. The molecule has 0 fully saturated rings. The van der Waals surface area contributed by atoms with E-state index < -0.39 is 0 Å². The van der Waals surface area contributed by atoms with Crippen LogP contribution in [0.2, 0.25) is 0 Å². The number of hydrogen-bond donors (Lipinski definition) is 1. The van der Waals surface area contributed by atoms with Crippen molar-refractivity contribution in [1.29, 1.82) is 5.26 Å². The van der Waals surface area contributed by atoms with Crippen molar-refractivity contribution in [2.45, 2.75) is 25.4 Å². The highest BCUT2D eigenvalue weighted by Crippen LogP contribution is 2.50. The van der Waals surface area contributed by atoms with Crippen LogP contribution in [0.4, 0.5) is 0 Å². The molecule has 1 aliphatic carbocycles. The molecule has 1 atom stereocenters. The van der Waals surface area contributed by atoms with Crippen molar-refractivity contribution in [3.05, 3.63) is 198 Å². The van der Waals surface area contributed by atoms with E-state index in [0.29, 0.717) is 5.56 Å². The predicted octanol–water partition coefficient (Wildman–Crippen LogP) is 12.6. The van der Waals surface area contributed by atoms with Crippen molar-refractivity contribution in [1.82, 2.24) is 10.4 Å². The molecule has 3 aliphatic rings. The summed E-state index contributed by atoms with van der Waals surface area (Å²) in [6.07, 6.45) is 6.03. The lowest BCUT2D eigenvalue weighted by molar-refractivity contribution is 0.387. The van der Waals surface area contributed by atoms with E-state index in [1.807, 2.05) is 29.4 Å². The summed E-state index contributed by atoms with van der Waals surface area (Å²) in [6.45, 7) is 4.50. The van der Waals surface area contributed by atoms with Gasteiger partial charge in [0.15, 0.2) is 5.84 Å². The van der Waals surface area contributed by atoms with Gasteiger partial charge in [0.1, 0.15) is 17.3 Å². The molecule has 7 aromatic carbocycles. The van der Waals surface area contributed by atoms with E-state index in [2.05, 4.69) is 171 Å². The van der Waals surface area contributed by atoms with E-state index in [1.54, 1.807) is 0 Å². The lowest BCUT2D eigenvalue weighted by Gasteiger charge is -2.22. The first-order valence-corrected chi connectivity index (χ1v) is 19.4. The van der Waals surface area contributed by atoms with Crippen LogP contribution in [-0.4, -0.2) is 10.8 Å². The first-order chi connectivity index (χ1) is 27.9. The molecule has 1 unspecified atom stereocenters. The molecule has 0 amide bonds. The number of nitrogens with one attached hydrogen (secondary N) is 1. The number of para-hydroxylation sites is 1. The Kier molecular flexibility index (Phi) is 7.34. The Morgan fingerprint density at radius 1 is 0.632 bits per heavy atom. The molecule has 11 rings (SSSR count). The molecule has 270 valence electrons. The van der Waals surface area contributed by atoms with Crippen LogP contribution >= 0.6 is 0 Å². The van der Waals surface area contributed by atoms with Crippen LogP contribution in [0.3, 0.4) is 0 Å². The van der Waals surface area contributed by atoms with Crippen molar-refractivity contribution in [2.75, 3.05) is 0 Å². The molecule has 5 heteroatoms. The molecule has 1 aromatic heterocycles. The summed E-state index contributed by atoms with van der Waals surface area (Å²) < 4.78 is 6.64. The zero-order valence-electron chi connectivity index (χ0n) is 31.5. The lowest BCUT2D eigenvalue weighted by atomic mass is 9.81. The fourth-order valence-electron chi connectivity index (χ4n) is 8.93. The first-order valence-electron chi connectivity index (χ1n) is 19.4. The van der Waals surface area contributed by atoms with Crippen molar-refractivity contribution in [3.8, 4) is 50.6 Å². The summed E-state index contributed by atoms with van der Waals surface area (Å²) in [7, 11) is 0. The van der Waals surface area contributed by atoms with Gasteiger partial charge in [0.05, 0.1) is 11.6 Å². The molecule has 0 spiro atoms. The number of benzene rings is 7. The van der Waals surface area contributed by atoms with Crippen LogP contribution < -0.4 is 5.43 Å². The fourth-order valence-corrected chi connectivity index (χ4v) is 8.93. The molecule has 0 saturated heterocycles. The van der Waals surface area contributed by atoms with Gasteiger partial charge in [0.2, 0.25) is 0 Å². The molecule has 1 N–H and O–H groups in total. The standard InChI is InChI=1S/C52H36N4O/c1-52(2)46-27-32(31-53)16-23-42(46)43-24-21-39(30-47(43)52)40-13-7-14-44-45-29-38(22-25-48(45)57-49(40)44)37-12-6-11-36(28-37)33-17-19-35(20-18-33)50-54-51-41(15-8-26-56(51)55-50)34-9-4-3-5-10-34/h3-30,50,55H,1-2H3. The molecular weight excluding hydrogens is 697 g/mol. The minimum absolute atomic E-state index is 0.169. The van der Waals surface area contributed by atoms with Gasteiger partial charge in [-0.2, -0.15) is 5.26 Å². The Balaban J connectivity index is 0.887. The number of amidine groups is 1. The highest BCUT2D eigenvalue weighted by Gasteiger charge is 2.36. The van der Waals surface area contributed by atoms with Gasteiger partial charge in [-0.05, 0) is 110 Å². The van der Waals surface area contributed by atoms with E-state index in [1.165, 1.54) is 22.3 Å². The number of fused-ring (bicyclic) bond motifs is 7. The third-order valence-corrected chi connectivity index (χ3v) is 11.9. The third-order valence-electron chi connectivity index (χ3n) is 11.9. The normalized spacial score (nSPS) is 16.2. The van der Waals surface area contributed by atoms with Gasteiger partial charge >= 0.3 is 0 Å². The molecule has 3 heterocycles. The molecule has 5 nitrogen and oxygen atoms in total. The van der Waals surface area contributed by atoms with Crippen LogP contribution in [0.5, 0.6) is 0 Å². The average Bonchev–Trinajstić information content (AvgIpc) is 3.94. The van der Waals surface area contributed by atoms with Crippen molar-refractivity contribution in [2.24, 2.45) is 4.99 Å². The zero-order valence-corrected chi connectivity index (χ0v) is 31.5. The van der Waals surface area contributed by atoms with E-state index in [4.69, 9.17) is 9.41 Å². The number of furan rings is 1. The summed E-state index contributed by atoms with van der Waals surface area (Å²) in [4.78, 5) is 5.09. The van der Waals surface area contributed by atoms with E-state index in [9.17, 15) is 5.26 Å². The maximum absolute atomic E-state index is 9.58. The zero-order chi connectivity index (χ0) is 38.3. The Labute approximate surface area is 331 Å². The summed E-state index contributed by atoms with van der Waals surface area (Å²) in [5.74, 6) is 0.930. The molecular formula is C52H36N4O. The number of allylic oxidation sites excluding steroid dienone is 2. The van der Waals surface area contributed by atoms with Gasteiger partial charge in [-0.3, -0.25) is 5.01 Å². The topological polar surface area (TPSA) is 64.6 Å². The fraction of sp³-hybridized carbons (Fsp3) is 0.0769. The van der Waals surface area contributed by atoms with Crippen molar-refractivity contribution < 1.29 is 4.42 Å². The second-order valence-electron chi connectivity index (χ2n) is 15.6. The van der Waals surface area contributed by atoms with E-state index in [-0.39, 0.29) is 11.6 Å². The number of rotatable bonds is 5.